The third-order valence-corrected chi connectivity index (χ3v) is 6.10. The van der Waals surface area contributed by atoms with Crippen LogP contribution < -0.4 is 4.90 Å². The highest BCUT2D eigenvalue weighted by Crippen LogP contribution is 2.32. The van der Waals surface area contributed by atoms with Gasteiger partial charge in [-0.05, 0) is 25.3 Å². The molecule has 0 atom stereocenters. The van der Waals surface area contributed by atoms with Crippen molar-refractivity contribution >= 4 is 27.4 Å². The van der Waals surface area contributed by atoms with Crippen molar-refractivity contribution in [3.63, 3.8) is 0 Å². The smallest absolute Gasteiger partial charge is 0.140 e. The second-order valence-corrected chi connectivity index (χ2v) is 7.21. The minimum absolute atomic E-state index is 0.866. The van der Waals surface area contributed by atoms with Crippen molar-refractivity contribution in [2.24, 2.45) is 0 Å². The molecule has 2 aromatic rings. The zero-order chi connectivity index (χ0) is 14.2. The number of hydrogen-bond acceptors (Lipinski definition) is 5. The summed E-state index contributed by atoms with van der Waals surface area (Å²) >= 11 is 1.81. The molecule has 112 valence electrons. The van der Waals surface area contributed by atoms with Gasteiger partial charge in [0, 0.05) is 37.1 Å². The highest BCUT2D eigenvalue weighted by atomic mass is 32.1. The molecule has 2 aromatic heterocycles. The van der Waals surface area contributed by atoms with Crippen molar-refractivity contribution in [3.8, 4) is 0 Å². The Bertz CT molecular complexity index is 626. The minimum atomic E-state index is 0.866. The molecule has 3 heterocycles. The first kappa shape index (κ1) is 13.5. The van der Waals surface area contributed by atoms with Crippen LogP contribution in [0.4, 0.5) is 5.82 Å². The van der Waals surface area contributed by atoms with E-state index in [1.165, 1.54) is 42.6 Å². The third-order valence-electron chi connectivity index (χ3n) is 4.91. The average molecular weight is 302 g/mol. The van der Waals surface area contributed by atoms with Gasteiger partial charge in [-0.25, -0.2) is 9.97 Å². The molecule has 0 aromatic carbocycles. The predicted octanol–water partition coefficient (Wildman–Crippen LogP) is 2.93. The number of nitrogens with zero attached hydrogens (tertiary/aromatic N) is 4. The molecular formula is C16H22N4S. The van der Waals surface area contributed by atoms with Gasteiger partial charge in [-0.3, -0.25) is 4.90 Å². The normalized spacial score (nSPS) is 20.9. The molecule has 1 saturated heterocycles. The highest BCUT2D eigenvalue weighted by Gasteiger charge is 2.28. The van der Waals surface area contributed by atoms with E-state index in [0.717, 1.165) is 36.2 Å². The summed E-state index contributed by atoms with van der Waals surface area (Å²) in [5.74, 6) is 1.14. The number of piperazine rings is 1. The number of thiophene rings is 1. The van der Waals surface area contributed by atoms with Crippen LogP contribution in [0.1, 0.15) is 31.1 Å². The lowest BCUT2D eigenvalue weighted by atomic mass is 9.91. The third kappa shape index (κ3) is 2.42. The van der Waals surface area contributed by atoms with E-state index in [9.17, 15) is 0 Å². The van der Waals surface area contributed by atoms with Crippen molar-refractivity contribution in [3.05, 3.63) is 17.3 Å². The summed E-state index contributed by atoms with van der Waals surface area (Å²) in [4.78, 5) is 16.7. The van der Waals surface area contributed by atoms with Gasteiger partial charge < -0.3 is 4.90 Å². The first-order valence-corrected chi connectivity index (χ1v) is 8.89. The molecule has 1 saturated carbocycles. The summed E-state index contributed by atoms with van der Waals surface area (Å²) in [5, 5.41) is 1.25. The summed E-state index contributed by atoms with van der Waals surface area (Å²) in [5.41, 5.74) is 0. The Morgan fingerprint density at radius 1 is 1.19 bits per heavy atom. The van der Waals surface area contributed by atoms with Gasteiger partial charge in [-0.1, -0.05) is 13.3 Å². The Hall–Kier alpha value is -1.20. The predicted molar refractivity (Wildman–Crippen MR) is 88.2 cm³/mol. The monoisotopic (exact) mass is 302 g/mol. The Morgan fingerprint density at radius 2 is 2.00 bits per heavy atom. The maximum Gasteiger partial charge on any atom is 0.140 e. The van der Waals surface area contributed by atoms with E-state index in [1.807, 2.05) is 0 Å². The molecule has 2 fully saturated rings. The fourth-order valence-electron chi connectivity index (χ4n) is 3.37. The molecule has 0 radical (unpaired) electrons. The summed E-state index contributed by atoms with van der Waals surface area (Å²) in [7, 11) is 0. The Balaban J connectivity index is 1.55. The molecule has 0 N–H and O–H groups in total. The number of aromatic nitrogens is 2. The van der Waals surface area contributed by atoms with Gasteiger partial charge in [0.1, 0.15) is 17.0 Å². The van der Waals surface area contributed by atoms with E-state index in [2.05, 4.69) is 32.8 Å². The van der Waals surface area contributed by atoms with E-state index in [-0.39, 0.29) is 0 Å². The number of aryl methyl sites for hydroxylation is 1. The van der Waals surface area contributed by atoms with Crippen molar-refractivity contribution in [1.29, 1.82) is 0 Å². The molecule has 21 heavy (non-hydrogen) atoms. The standard InChI is InChI=1S/C16H22N4S/c1-2-13-10-14-15(17-11-18-16(14)21-13)20-8-6-19(7-9-20)12-4-3-5-12/h10-12H,2-9H2,1H3. The van der Waals surface area contributed by atoms with Crippen molar-refractivity contribution in [2.75, 3.05) is 31.1 Å². The molecule has 2 aliphatic rings. The fraction of sp³-hybridized carbons (Fsp3) is 0.625. The van der Waals surface area contributed by atoms with Gasteiger partial charge in [-0.2, -0.15) is 0 Å². The zero-order valence-corrected chi connectivity index (χ0v) is 13.4. The molecule has 1 aliphatic heterocycles. The summed E-state index contributed by atoms with van der Waals surface area (Å²) in [6.07, 6.45) is 7.04. The molecule has 4 rings (SSSR count). The molecule has 5 heteroatoms. The largest absolute Gasteiger partial charge is 0.353 e. The van der Waals surface area contributed by atoms with Gasteiger partial charge in [0.25, 0.3) is 0 Å². The first-order chi connectivity index (χ1) is 10.3. The van der Waals surface area contributed by atoms with Gasteiger partial charge in [0.05, 0.1) is 5.39 Å². The molecular weight excluding hydrogens is 280 g/mol. The Labute approximate surface area is 129 Å². The number of hydrogen-bond donors (Lipinski definition) is 0. The Kier molecular flexibility index (Phi) is 3.55. The second-order valence-electron chi connectivity index (χ2n) is 6.09. The van der Waals surface area contributed by atoms with Crippen LogP contribution in [0.15, 0.2) is 12.4 Å². The van der Waals surface area contributed by atoms with Crippen LogP contribution in [0.2, 0.25) is 0 Å². The second kappa shape index (κ2) is 5.54. The topological polar surface area (TPSA) is 32.3 Å². The number of rotatable bonds is 3. The summed E-state index contributed by atoms with van der Waals surface area (Å²) in [6.45, 7) is 6.76. The lowest BCUT2D eigenvalue weighted by molar-refractivity contribution is 0.120. The van der Waals surface area contributed by atoms with Crippen LogP contribution in [-0.2, 0) is 6.42 Å². The molecule has 0 unspecified atom stereocenters. The van der Waals surface area contributed by atoms with E-state index in [4.69, 9.17) is 0 Å². The van der Waals surface area contributed by atoms with Crippen LogP contribution in [0.25, 0.3) is 10.2 Å². The van der Waals surface area contributed by atoms with Gasteiger partial charge in [0.2, 0.25) is 0 Å². The number of anilines is 1. The molecule has 0 bridgehead atoms. The fourth-order valence-corrected chi connectivity index (χ4v) is 4.30. The molecule has 0 spiro atoms. The SMILES string of the molecule is CCc1cc2c(N3CCN(C4CCC4)CC3)ncnc2s1. The summed E-state index contributed by atoms with van der Waals surface area (Å²) < 4.78 is 0. The van der Waals surface area contributed by atoms with E-state index < -0.39 is 0 Å². The maximum absolute atomic E-state index is 4.59. The van der Waals surface area contributed by atoms with Crippen LogP contribution in [0, 0.1) is 0 Å². The van der Waals surface area contributed by atoms with E-state index in [0.29, 0.717) is 0 Å². The van der Waals surface area contributed by atoms with Crippen LogP contribution >= 0.6 is 11.3 Å². The minimum Gasteiger partial charge on any atom is -0.353 e. The van der Waals surface area contributed by atoms with Gasteiger partial charge >= 0.3 is 0 Å². The lowest BCUT2D eigenvalue weighted by Gasteiger charge is -2.43. The highest BCUT2D eigenvalue weighted by molar-refractivity contribution is 7.18. The van der Waals surface area contributed by atoms with Crippen LogP contribution in [0.3, 0.4) is 0 Å². The zero-order valence-electron chi connectivity index (χ0n) is 12.6. The van der Waals surface area contributed by atoms with Crippen molar-refractivity contribution < 1.29 is 0 Å². The molecule has 1 aliphatic carbocycles. The summed E-state index contributed by atoms with van der Waals surface area (Å²) in [6, 6.07) is 3.15. The van der Waals surface area contributed by atoms with Crippen molar-refractivity contribution in [2.45, 2.75) is 38.6 Å². The lowest BCUT2D eigenvalue weighted by Crippen LogP contribution is -2.52. The van der Waals surface area contributed by atoms with Crippen LogP contribution in [-0.4, -0.2) is 47.1 Å². The molecule has 4 nitrogen and oxygen atoms in total. The average Bonchev–Trinajstić information content (AvgIpc) is 2.89. The van der Waals surface area contributed by atoms with Gasteiger partial charge in [-0.15, -0.1) is 11.3 Å². The Morgan fingerprint density at radius 3 is 2.67 bits per heavy atom. The van der Waals surface area contributed by atoms with Crippen LogP contribution in [0.5, 0.6) is 0 Å². The van der Waals surface area contributed by atoms with E-state index >= 15 is 0 Å². The number of fused-ring (bicyclic) bond motifs is 1. The van der Waals surface area contributed by atoms with E-state index in [1.54, 1.807) is 17.7 Å². The maximum atomic E-state index is 4.59. The molecule has 0 amide bonds. The van der Waals surface area contributed by atoms with Gasteiger partial charge in [0.15, 0.2) is 0 Å². The van der Waals surface area contributed by atoms with Crippen molar-refractivity contribution in [1.82, 2.24) is 14.9 Å². The first-order valence-electron chi connectivity index (χ1n) is 8.07. The quantitative estimate of drug-likeness (QED) is 0.872.